The van der Waals surface area contributed by atoms with E-state index in [1.54, 1.807) is 0 Å². The first-order valence-corrected chi connectivity index (χ1v) is 6.65. The summed E-state index contributed by atoms with van der Waals surface area (Å²) in [6.07, 6.45) is 2.57. The van der Waals surface area contributed by atoms with Crippen LogP contribution in [0.1, 0.15) is 39.2 Å². The number of hydrogen-bond donors (Lipinski definition) is 2. The Hall–Kier alpha value is -1.51. The Kier molecular flexibility index (Phi) is 5.69. The summed E-state index contributed by atoms with van der Waals surface area (Å²) in [6.45, 7) is 6.44. The van der Waals surface area contributed by atoms with Crippen LogP contribution in [-0.4, -0.2) is 11.9 Å². The van der Waals surface area contributed by atoms with Crippen LogP contribution < -0.4 is 11.1 Å². The molecule has 1 amide bonds. The van der Waals surface area contributed by atoms with Crippen molar-refractivity contribution < 1.29 is 4.79 Å². The van der Waals surface area contributed by atoms with Gasteiger partial charge in [-0.05, 0) is 37.0 Å². The molecule has 3 nitrogen and oxygen atoms in total. The smallest absolute Gasteiger partial charge is 0.224 e. The molecule has 0 aliphatic heterocycles. The number of anilines is 1. The summed E-state index contributed by atoms with van der Waals surface area (Å²) in [6, 6.07) is 7.70. The van der Waals surface area contributed by atoms with Crippen LogP contribution in [0.2, 0.25) is 0 Å². The van der Waals surface area contributed by atoms with Gasteiger partial charge in [0.2, 0.25) is 5.91 Å². The molecule has 2 unspecified atom stereocenters. The van der Waals surface area contributed by atoms with Crippen LogP contribution in [0.15, 0.2) is 24.3 Å². The van der Waals surface area contributed by atoms with Gasteiger partial charge in [0, 0.05) is 11.7 Å². The number of carbonyl (C=O) groups excluding carboxylic acids is 1. The fourth-order valence-corrected chi connectivity index (χ4v) is 2.04. The van der Waals surface area contributed by atoms with Gasteiger partial charge in [-0.15, -0.1) is 0 Å². The van der Waals surface area contributed by atoms with Crippen molar-refractivity contribution >= 4 is 11.6 Å². The molecule has 18 heavy (non-hydrogen) atoms. The van der Waals surface area contributed by atoms with Gasteiger partial charge in [-0.3, -0.25) is 4.79 Å². The van der Waals surface area contributed by atoms with Gasteiger partial charge in [-0.25, -0.2) is 0 Å². The number of amides is 1. The fourth-order valence-electron chi connectivity index (χ4n) is 2.04. The van der Waals surface area contributed by atoms with Crippen LogP contribution in [0.3, 0.4) is 0 Å². The molecule has 0 radical (unpaired) electrons. The summed E-state index contributed by atoms with van der Waals surface area (Å²) in [4.78, 5) is 11.9. The summed E-state index contributed by atoms with van der Waals surface area (Å²) >= 11 is 0. The average Bonchev–Trinajstić information content (AvgIpc) is 2.28. The van der Waals surface area contributed by atoms with Crippen molar-refractivity contribution in [2.75, 3.05) is 5.73 Å². The molecule has 0 saturated heterocycles. The van der Waals surface area contributed by atoms with Crippen LogP contribution in [0, 0.1) is 5.92 Å². The van der Waals surface area contributed by atoms with E-state index < -0.39 is 0 Å². The maximum absolute atomic E-state index is 11.9. The first kappa shape index (κ1) is 14.6. The zero-order chi connectivity index (χ0) is 13.5. The quantitative estimate of drug-likeness (QED) is 0.761. The van der Waals surface area contributed by atoms with Crippen molar-refractivity contribution in [2.45, 2.75) is 46.1 Å². The number of nitrogens with one attached hydrogen (secondary N) is 1. The second-order valence-electron chi connectivity index (χ2n) is 5.14. The Morgan fingerprint density at radius 1 is 1.39 bits per heavy atom. The van der Waals surface area contributed by atoms with Gasteiger partial charge < -0.3 is 11.1 Å². The second-order valence-corrected chi connectivity index (χ2v) is 5.14. The lowest BCUT2D eigenvalue weighted by molar-refractivity contribution is -0.121. The van der Waals surface area contributed by atoms with E-state index in [9.17, 15) is 4.79 Å². The molecule has 1 aromatic carbocycles. The van der Waals surface area contributed by atoms with Crippen molar-refractivity contribution in [3.05, 3.63) is 29.8 Å². The normalized spacial score (nSPS) is 13.9. The minimum Gasteiger partial charge on any atom is -0.399 e. The maximum Gasteiger partial charge on any atom is 0.224 e. The first-order valence-electron chi connectivity index (χ1n) is 6.65. The molecule has 1 aromatic rings. The molecule has 3 heteroatoms. The highest BCUT2D eigenvalue weighted by atomic mass is 16.1. The van der Waals surface area contributed by atoms with E-state index in [1.807, 2.05) is 24.3 Å². The van der Waals surface area contributed by atoms with E-state index in [2.05, 4.69) is 26.1 Å². The lowest BCUT2D eigenvalue weighted by Crippen LogP contribution is -2.34. The van der Waals surface area contributed by atoms with Crippen molar-refractivity contribution in [3.63, 3.8) is 0 Å². The first-order chi connectivity index (χ1) is 8.51. The van der Waals surface area contributed by atoms with Gasteiger partial charge in [0.1, 0.15) is 0 Å². The minimum atomic E-state index is 0.0661. The number of carbonyl (C=O) groups is 1. The topological polar surface area (TPSA) is 55.1 Å². The molecule has 0 spiro atoms. The monoisotopic (exact) mass is 248 g/mol. The Bertz CT molecular complexity index is 390. The largest absolute Gasteiger partial charge is 0.399 e. The number of nitrogen functional groups attached to an aromatic ring is 1. The minimum absolute atomic E-state index is 0.0661. The average molecular weight is 248 g/mol. The van der Waals surface area contributed by atoms with Gasteiger partial charge >= 0.3 is 0 Å². The van der Waals surface area contributed by atoms with Gasteiger partial charge in [0.25, 0.3) is 0 Å². The molecule has 0 aliphatic carbocycles. The van der Waals surface area contributed by atoms with E-state index in [-0.39, 0.29) is 11.9 Å². The van der Waals surface area contributed by atoms with E-state index in [0.717, 1.165) is 18.4 Å². The summed E-state index contributed by atoms with van der Waals surface area (Å²) in [7, 11) is 0. The zero-order valence-electron chi connectivity index (χ0n) is 11.6. The number of rotatable bonds is 6. The molecular formula is C15H24N2O. The van der Waals surface area contributed by atoms with Crippen LogP contribution in [-0.2, 0) is 11.2 Å². The standard InChI is InChI=1S/C15H24N2O/c1-4-11(2)8-12(3)17-15(18)10-13-6-5-7-14(16)9-13/h5-7,9,11-12H,4,8,10,16H2,1-3H3,(H,17,18). The van der Waals surface area contributed by atoms with Crippen molar-refractivity contribution in [1.82, 2.24) is 5.32 Å². The molecule has 0 fully saturated rings. The highest BCUT2D eigenvalue weighted by Crippen LogP contribution is 2.10. The highest BCUT2D eigenvalue weighted by Gasteiger charge is 2.10. The number of nitrogens with two attached hydrogens (primary N) is 1. The Morgan fingerprint density at radius 3 is 2.72 bits per heavy atom. The lowest BCUT2D eigenvalue weighted by Gasteiger charge is -2.17. The number of benzene rings is 1. The lowest BCUT2D eigenvalue weighted by atomic mass is 10.00. The predicted octanol–water partition coefficient (Wildman–Crippen LogP) is 2.75. The second kappa shape index (κ2) is 7.04. The van der Waals surface area contributed by atoms with Crippen LogP contribution in [0.25, 0.3) is 0 Å². The van der Waals surface area contributed by atoms with Crippen LogP contribution in [0.4, 0.5) is 5.69 Å². The van der Waals surface area contributed by atoms with E-state index >= 15 is 0 Å². The molecule has 100 valence electrons. The zero-order valence-corrected chi connectivity index (χ0v) is 11.6. The molecule has 0 bridgehead atoms. The summed E-state index contributed by atoms with van der Waals surface area (Å²) in [5.41, 5.74) is 7.35. The molecule has 2 atom stereocenters. The third-order valence-corrected chi connectivity index (χ3v) is 3.18. The SMILES string of the molecule is CCC(C)CC(C)NC(=O)Cc1cccc(N)c1. The third kappa shape index (κ3) is 5.21. The van der Waals surface area contributed by atoms with Crippen molar-refractivity contribution in [1.29, 1.82) is 0 Å². The highest BCUT2D eigenvalue weighted by molar-refractivity contribution is 5.79. The van der Waals surface area contributed by atoms with E-state index in [0.29, 0.717) is 18.0 Å². The molecular weight excluding hydrogens is 224 g/mol. The molecule has 0 saturated carbocycles. The Labute approximate surface area is 110 Å². The Balaban J connectivity index is 2.42. The van der Waals surface area contributed by atoms with Crippen molar-refractivity contribution in [2.24, 2.45) is 5.92 Å². The Morgan fingerprint density at radius 2 is 2.11 bits per heavy atom. The van der Waals surface area contributed by atoms with Crippen LogP contribution in [0.5, 0.6) is 0 Å². The third-order valence-electron chi connectivity index (χ3n) is 3.18. The summed E-state index contributed by atoms with van der Waals surface area (Å²) in [5, 5.41) is 3.03. The molecule has 0 heterocycles. The predicted molar refractivity (Wildman–Crippen MR) is 76.2 cm³/mol. The maximum atomic E-state index is 11.9. The summed E-state index contributed by atoms with van der Waals surface area (Å²) < 4.78 is 0. The molecule has 1 rings (SSSR count). The van der Waals surface area contributed by atoms with Gasteiger partial charge in [-0.2, -0.15) is 0 Å². The number of hydrogen-bond acceptors (Lipinski definition) is 2. The van der Waals surface area contributed by atoms with Gasteiger partial charge in [0.05, 0.1) is 6.42 Å². The van der Waals surface area contributed by atoms with E-state index in [1.165, 1.54) is 0 Å². The fraction of sp³-hybridized carbons (Fsp3) is 0.533. The van der Waals surface area contributed by atoms with Gasteiger partial charge in [-0.1, -0.05) is 32.4 Å². The summed E-state index contributed by atoms with van der Waals surface area (Å²) in [5.74, 6) is 0.712. The van der Waals surface area contributed by atoms with E-state index in [4.69, 9.17) is 5.73 Å². The van der Waals surface area contributed by atoms with Crippen LogP contribution >= 0.6 is 0 Å². The molecule has 0 aromatic heterocycles. The van der Waals surface area contributed by atoms with Crippen molar-refractivity contribution in [3.8, 4) is 0 Å². The molecule has 3 N–H and O–H groups in total. The van der Waals surface area contributed by atoms with Gasteiger partial charge in [0.15, 0.2) is 0 Å². The molecule has 0 aliphatic rings.